The molecule has 0 saturated carbocycles. The number of nitrogens with one attached hydrogen (secondary N) is 1. The lowest BCUT2D eigenvalue weighted by Crippen LogP contribution is -2.17. The van der Waals surface area contributed by atoms with Gasteiger partial charge in [0.05, 0.1) is 6.61 Å². The third-order valence-electron chi connectivity index (χ3n) is 3.25. The van der Waals surface area contributed by atoms with Crippen LogP contribution in [-0.2, 0) is 4.74 Å². The van der Waals surface area contributed by atoms with E-state index in [1.54, 1.807) is 0 Å². The summed E-state index contributed by atoms with van der Waals surface area (Å²) in [5, 5.41) is 17.9. The number of hydrogen-bond acceptors (Lipinski definition) is 3. The minimum absolute atomic E-state index is 0.0799. The van der Waals surface area contributed by atoms with Crippen LogP contribution in [0.5, 0.6) is 0 Å². The Labute approximate surface area is 103 Å². The zero-order valence-corrected chi connectivity index (χ0v) is 11.2. The molecule has 0 bridgehead atoms. The van der Waals surface area contributed by atoms with E-state index in [4.69, 9.17) is 10.1 Å². The van der Waals surface area contributed by atoms with E-state index in [-0.39, 0.29) is 5.90 Å². The number of aliphatic hydroxyl groups is 1. The molecule has 94 valence electrons. The standard InChI is InChI=1S/C14H21NO2/c1-6-17-14(15)13(16)12-10(4)8(2)7-9(3)11(12)5/h7,13,15-16H,6H2,1-5H3. The molecule has 0 aliphatic rings. The smallest absolute Gasteiger partial charge is 0.214 e. The zero-order chi connectivity index (χ0) is 13.2. The largest absolute Gasteiger partial charge is 0.479 e. The van der Waals surface area contributed by atoms with E-state index < -0.39 is 6.10 Å². The maximum atomic E-state index is 10.2. The molecule has 0 fully saturated rings. The molecule has 1 atom stereocenters. The highest BCUT2D eigenvalue weighted by atomic mass is 16.5. The molecule has 0 saturated heterocycles. The van der Waals surface area contributed by atoms with Crippen molar-refractivity contribution >= 4 is 5.90 Å². The summed E-state index contributed by atoms with van der Waals surface area (Å²) in [5.41, 5.74) is 5.13. The minimum atomic E-state index is -0.964. The number of benzene rings is 1. The van der Waals surface area contributed by atoms with Crippen molar-refractivity contribution in [2.24, 2.45) is 0 Å². The molecule has 17 heavy (non-hydrogen) atoms. The molecular weight excluding hydrogens is 214 g/mol. The molecule has 1 rings (SSSR count). The van der Waals surface area contributed by atoms with Crippen molar-refractivity contribution in [1.29, 1.82) is 5.41 Å². The van der Waals surface area contributed by atoms with Gasteiger partial charge in [0.2, 0.25) is 5.90 Å². The quantitative estimate of drug-likeness (QED) is 0.625. The molecule has 1 aromatic rings. The summed E-state index contributed by atoms with van der Waals surface area (Å²) in [5.74, 6) is -0.0799. The van der Waals surface area contributed by atoms with Crippen molar-refractivity contribution in [1.82, 2.24) is 0 Å². The van der Waals surface area contributed by atoms with E-state index in [0.29, 0.717) is 6.61 Å². The lowest BCUT2D eigenvalue weighted by Gasteiger charge is -2.20. The fraction of sp³-hybridized carbons (Fsp3) is 0.500. The molecular formula is C14H21NO2. The third kappa shape index (κ3) is 2.67. The van der Waals surface area contributed by atoms with Crippen molar-refractivity contribution in [3.05, 3.63) is 33.9 Å². The van der Waals surface area contributed by atoms with Crippen LogP contribution in [0.1, 0.15) is 40.8 Å². The Morgan fingerprint density at radius 3 is 2.12 bits per heavy atom. The summed E-state index contributed by atoms with van der Waals surface area (Å²) >= 11 is 0. The first kappa shape index (κ1) is 13.7. The molecule has 1 aromatic carbocycles. The summed E-state index contributed by atoms with van der Waals surface area (Å²) in [4.78, 5) is 0. The molecule has 0 amide bonds. The van der Waals surface area contributed by atoms with Gasteiger partial charge in [-0.25, -0.2) is 0 Å². The van der Waals surface area contributed by atoms with Crippen LogP contribution in [0.4, 0.5) is 0 Å². The molecule has 0 aliphatic carbocycles. The lowest BCUT2D eigenvalue weighted by molar-refractivity contribution is 0.189. The Kier molecular flexibility index (Phi) is 4.29. The van der Waals surface area contributed by atoms with Crippen molar-refractivity contribution in [2.75, 3.05) is 6.61 Å². The van der Waals surface area contributed by atoms with Crippen molar-refractivity contribution < 1.29 is 9.84 Å². The van der Waals surface area contributed by atoms with Gasteiger partial charge in [-0.3, -0.25) is 5.41 Å². The highest BCUT2D eigenvalue weighted by molar-refractivity contribution is 5.80. The Morgan fingerprint density at radius 1 is 1.24 bits per heavy atom. The van der Waals surface area contributed by atoms with Crippen LogP contribution in [0.25, 0.3) is 0 Å². The highest BCUT2D eigenvalue weighted by Crippen LogP contribution is 2.28. The Morgan fingerprint density at radius 2 is 1.71 bits per heavy atom. The van der Waals surface area contributed by atoms with Crippen LogP contribution in [0.3, 0.4) is 0 Å². The zero-order valence-electron chi connectivity index (χ0n) is 11.2. The van der Waals surface area contributed by atoms with Crippen molar-refractivity contribution in [3.63, 3.8) is 0 Å². The maximum absolute atomic E-state index is 10.2. The molecule has 2 N–H and O–H groups in total. The summed E-state index contributed by atoms with van der Waals surface area (Å²) in [6.07, 6.45) is -0.964. The van der Waals surface area contributed by atoms with Gasteiger partial charge < -0.3 is 9.84 Å². The van der Waals surface area contributed by atoms with Gasteiger partial charge in [0.1, 0.15) is 0 Å². The predicted molar refractivity (Wildman–Crippen MR) is 69.7 cm³/mol. The normalized spacial score (nSPS) is 12.4. The minimum Gasteiger partial charge on any atom is -0.479 e. The molecule has 3 heteroatoms. The van der Waals surface area contributed by atoms with Crippen LogP contribution in [0.2, 0.25) is 0 Å². The molecule has 0 radical (unpaired) electrons. The second-order valence-electron chi connectivity index (χ2n) is 4.37. The molecule has 1 unspecified atom stereocenters. The summed E-state index contributed by atoms with van der Waals surface area (Å²) in [7, 11) is 0. The number of aryl methyl sites for hydroxylation is 2. The molecule has 3 nitrogen and oxygen atoms in total. The van der Waals surface area contributed by atoms with Gasteiger partial charge in [0, 0.05) is 0 Å². The second-order valence-corrected chi connectivity index (χ2v) is 4.37. The Bertz CT molecular complexity index is 412. The number of rotatable bonds is 3. The predicted octanol–water partition coefficient (Wildman–Crippen LogP) is 2.97. The van der Waals surface area contributed by atoms with Crippen LogP contribution in [0, 0.1) is 33.1 Å². The maximum Gasteiger partial charge on any atom is 0.214 e. The van der Waals surface area contributed by atoms with Crippen molar-refractivity contribution in [2.45, 2.75) is 40.7 Å². The summed E-state index contributed by atoms with van der Waals surface area (Å²) in [6, 6.07) is 2.10. The first-order valence-corrected chi connectivity index (χ1v) is 5.86. The van der Waals surface area contributed by atoms with Crippen LogP contribution < -0.4 is 0 Å². The second kappa shape index (κ2) is 5.32. The van der Waals surface area contributed by atoms with Gasteiger partial charge in [-0.1, -0.05) is 6.07 Å². The number of aliphatic hydroxyl groups excluding tert-OH is 1. The van der Waals surface area contributed by atoms with Gasteiger partial charge in [-0.15, -0.1) is 0 Å². The summed E-state index contributed by atoms with van der Waals surface area (Å²) < 4.78 is 5.08. The van der Waals surface area contributed by atoms with E-state index in [0.717, 1.165) is 27.8 Å². The lowest BCUT2D eigenvalue weighted by atomic mass is 9.91. The monoisotopic (exact) mass is 235 g/mol. The van der Waals surface area contributed by atoms with E-state index >= 15 is 0 Å². The third-order valence-corrected chi connectivity index (χ3v) is 3.25. The average Bonchev–Trinajstić information content (AvgIpc) is 2.27. The topological polar surface area (TPSA) is 53.3 Å². The fourth-order valence-corrected chi connectivity index (χ4v) is 2.02. The van der Waals surface area contributed by atoms with E-state index in [2.05, 4.69) is 6.07 Å². The van der Waals surface area contributed by atoms with E-state index in [1.165, 1.54) is 0 Å². The molecule has 0 aliphatic heterocycles. The van der Waals surface area contributed by atoms with Gasteiger partial charge in [0.15, 0.2) is 6.10 Å². The average molecular weight is 235 g/mol. The molecule has 0 heterocycles. The Balaban J connectivity index is 3.25. The van der Waals surface area contributed by atoms with Crippen LogP contribution in [-0.4, -0.2) is 17.6 Å². The van der Waals surface area contributed by atoms with Gasteiger partial charge in [-0.05, 0) is 62.4 Å². The van der Waals surface area contributed by atoms with Gasteiger partial charge in [0.25, 0.3) is 0 Å². The fourth-order valence-electron chi connectivity index (χ4n) is 2.02. The van der Waals surface area contributed by atoms with E-state index in [1.807, 2.05) is 34.6 Å². The number of hydrogen-bond donors (Lipinski definition) is 2. The van der Waals surface area contributed by atoms with Gasteiger partial charge in [-0.2, -0.15) is 0 Å². The van der Waals surface area contributed by atoms with Crippen LogP contribution in [0.15, 0.2) is 6.07 Å². The summed E-state index contributed by atoms with van der Waals surface area (Å²) in [6.45, 7) is 10.2. The first-order valence-electron chi connectivity index (χ1n) is 5.86. The SMILES string of the molecule is CCOC(=N)C(O)c1c(C)c(C)cc(C)c1C. The van der Waals surface area contributed by atoms with Crippen molar-refractivity contribution in [3.8, 4) is 0 Å². The first-order chi connectivity index (χ1) is 7.90. The van der Waals surface area contributed by atoms with Crippen LogP contribution >= 0.6 is 0 Å². The number of ether oxygens (including phenoxy) is 1. The molecule has 0 spiro atoms. The Hall–Kier alpha value is -1.35. The van der Waals surface area contributed by atoms with Gasteiger partial charge >= 0.3 is 0 Å². The highest BCUT2D eigenvalue weighted by Gasteiger charge is 2.21. The molecule has 0 aromatic heterocycles. The van der Waals surface area contributed by atoms with E-state index in [9.17, 15) is 5.11 Å².